The van der Waals surface area contributed by atoms with Crippen LogP contribution in [0.5, 0.6) is 0 Å². The van der Waals surface area contributed by atoms with Gasteiger partial charge in [-0.25, -0.2) is 4.98 Å². The molecule has 0 aliphatic carbocycles. The van der Waals surface area contributed by atoms with Crippen LogP contribution in [0.3, 0.4) is 0 Å². The van der Waals surface area contributed by atoms with Crippen LogP contribution < -0.4 is 0 Å². The predicted molar refractivity (Wildman–Crippen MR) is 95.9 cm³/mol. The zero-order valence-corrected chi connectivity index (χ0v) is 14.1. The summed E-state index contributed by atoms with van der Waals surface area (Å²) in [6.45, 7) is 0.506. The molecule has 0 fully saturated rings. The van der Waals surface area contributed by atoms with Crippen LogP contribution in [0.2, 0.25) is 5.02 Å². The van der Waals surface area contributed by atoms with Gasteiger partial charge in [0.05, 0.1) is 10.6 Å². The molecule has 0 amide bonds. The van der Waals surface area contributed by atoms with Gasteiger partial charge in [-0.1, -0.05) is 23.7 Å². The third-order valence-corrected chi connectivity index (χ3v) is 5.07. The van der Waals surface area contributed by atoms with Gasteiger partial charge < -0.3 is 0 Å². The number of rotatable bonds is 4. The van der Waals surface area contributed by atoms with E-state index in [1.165, 1.54) is 0 Å². The molecule has 118 valence electrons. The van der Waals surface area contributed by atoms with Gasteiger partial charge in [0.1, 0.15) is 17.3 Å². The van der Waals surface area contributed by atoms with Crippen LogP contribution in [0.15, 0.2) is 64.2 Å². The second-order valence-electron chi connectivity index (χ2n) is 5.27. The van der Waals surface area contributed by atoms with Gasteiger partial charge in [-0.3, -0.25) is 4.98 Å². The van der Waals surface area contributed by atoms with E-state index in [1.807, 2.05) is 36.4 Å². The van der Waals surface area contributed by atoms with Gasteiger partial charge >= 0.3 is 0 Å². The number of thiazole rings is 1. The molecule has 1 aliphatic rings. The third kappa shape index (κ3) is 3.11. The minimum Gasteiger partial charge on any atom is -0.265 e. The van der Waals surface area contributed by atoms with Crippen LogP contribution in [0.25, 0.3) is 10.6 Å². The van der Waals surface area contributed by atoms with Gasteiger partial charge in [0.15, 0.2) is 0 Å². The first-order valence-corrected chi connectivity index (χ1v) is 8.57. The van der Waals surface area contributed by atoms with Gasteiger partial charge in [0.2, 0.25) is 0 Å². The molecule has 5 nitrogen and oxygen atoms in total. The highest BCUT2D eigenvalue weighted by Crippen LogP contribution is 2.30. The number of benzene rings is 1. The van der Waals surface area contributed by atoms with Crippen molar-refractivity contribution in [3.63, 3.8) is 0 Å². The fraction of sp³-hybridized carbons (Fsp3) is 0.118. The van der Waals surface area contributed by atoms with Crippen molar-refractivity contribution in [3.05, 3.63) is 69.9 Å². The maximum Gasteiger partial charge on any atom is 0.124 e. The summed E-state index contributed by atoms with van der Waals surface area (Å²) in [4.78, 5) is 9.94. The summed E-state index contributed by atoms with van der Waals surface area (Å²) >= 11 is 7.59. The summed E-state index contributed by atoms with van der Waals surface area (Å²) in [6.07, 6.45) is 4.26. The van der Waals surface area contributed by atoms with Crippen molar-refractivity contribution in [3.8, 4) is 10.6 Å². The minimum atomic E-state index is 0.506. The number of hydrogen-bond donors (Lipinski definition) is 0. The third-order valence-electron chi connectivity index (χ3n) is 3.62. The van der Waals surface area contributed by atoms with E-state index in [-0.39, 0.29) is 0 Å². The molecule has 0 atom stereocenters. The van der Waals surface area contributed by atoms with Crippen molar-refractivity contribution in [2.24, 2.45) is 15.4 Å². The molecule has 0 spiro atoms. The quantitative estimate of drug-likeness (QED) is 0.687. The Kier molecular flexibility index (Phi) is 4.15. The molecule has 0 N–H and O–H groups in total. The summed E-state index contributed by atoms with van der Waals surface area (Å²) in [5, 5.41) is 13.5. The molecule has 0 radical (unpaired) electrons. The smallest absolute Gasteiger partial charge is 0.124 e. The molecule has 3 heterocycles. The highest BCUT2D eigenvalue weighted by atomic mass is 35.5. The van der Waals surface area contributed by atoms with Gasteiger partial charge in [-0.2, -0.15) is 5.11 Å². The van der Waals surface area contributed by atoms with Crippen molar-refractivity contribution in [1.29, 1.82) is 0 Å². The lowest BCUT2D eigenvalue weighted by Crippen LogP contribution is -2.03. The SMILES string of the molecule is Clc1ccc(Cc2nc(-c3ccncc3)sc2C2=NN=NC2)cc1. The van der Waals surface area contributed by atoms with E-state index in [4.69, 9.17) is 16.6 Å². The zero-order chi connectivity index (χ0) is 16.4. The molecule has 0 unspecified atom stereocenters. The fourth-order valence-electron chi connectivity index (χ4n) is 2.44. The first-order chi connectivity index (χ1) is 11.8. The zero-order valence-electron chi connectivity index (χ0n) is 12.6. The van der Waals surface area contributed by atoms with Gasteiger partial charge in [0.25, 0.3) is 0 Å². The normalized spacial score (nSPS) is 13.3. The predicted octanol–water partition coefficient (Wildman–Crippen LogP) is 4.62. The van der Waals surface area contributed by atoms with Crippen LogP contribution in [-0.4, -0.2) is 22.2 Å². The summed E-state index contributed by atoms with van der Waals surface area (Å²) in [5.74, 6) is 0. The van der Waals surface area contributed by atoms with E-state index in [9.17, 15) is 0 Å². The Balaban J connectivity index is 1.73. The van der Waals surface area contributed by atoms with Gasteiger partial charge in [-0.05, 0) is 35.1 Å². The first-order valence-electron chi connectivity index (χ1n) is 7.38. The average molecular weight is 354 g/mol. The van der Waals surface area contributed by atoms with Crippen LogP contribution in [-0.2, 0) is 6.42 Å². The molecule has 1 aliphatic heterocycles. The Bertz CT molecular complexity index is 916. The van der Waals surface area contributed by atoms with Crippen LogP contribution in [0, 0.1) is 0 Å². The highest BCUT2D eigenvalue weighted by molar-refractivity contribution is 7.17. The number of halogens is 1. The molecule has 3 aromatic rings. The maximum atomic E-state index is 5.97. The Labute approximate surface area is 147 Å². The minimum absolute atomic E-state index is 0.506. The Morgan fingerprint density at radius 2 is 1.83 bits per heavy atom. The van der Waals surface area contributed by atoms with E-state index in [0.717, 1.165) is 37.4 Å². The Hall–Kier alpha value is -2.44. The standard InChI is InChI=1S/C17H12ClN5S/c18-13-3-1-11(2-4-13)9-14-16(15-10-20-23-22-15)24-17(21-14)12-5-7-19-8-6-12/h1-8H,9-10H2. The molecule has 1 aromatic carbocycles. The van der Waals surface area contributed by atoms with E-state index in [0.29, 0.717) is 13.0 Å². The van der Waals surface area contributed by atoms with Gasteiger partial charge in [-0.15, -0.1) is 16.4 Å². The molecule has 7 heteroatoms. The lowest BCUT2D eigenvalue weighted by molar-refractivity contribution is 1.06. The maximum absolute atomic E-state index is 5.97. The monoisotopic (exact) mass is 353 g/mol. The summed E-state index contributed by atoms with van der Waals surface area (Å²) in [6, 6.07) is 11.7. The van der Waals surface area contributed by atoms with Gasteiger partial charge in [0, 0.05) is 29.4 Å². The topological polar surface area (TPSA) is 62.9 Å². The highest BCUT2D eigenvalue weighted by Gasteiger charge is 2.19. The lowest BCUT2D eigenvalue weighted by Gasteiger charge is -2.02. The largest absolute Gasteiger partial charge is 0.265 e. The average Bonchev–Trinajstić information content (AvgIpc) is 3.27. The van der Waals surface area contributed by atoms with Crippen LogP contribution >= 0.6 is 22.9 Å². The second-order valence-corrected chi connectivity index (χ2v) is 6.71. The molecule has 0 bridgehead atoms. The molecule has 0 saturated heterocycles. The van der Waals surface area contributed by atoms with Crippen molar-refractivity contribution >= 4 is 28.6 Å². The van der Waals surface area contributed by atoms with E-state index < -0.39 is 0 Å². The Morgan fingerprint density at radius 1 is 1.04 bits per heavy atom. The second kappa shape index (κ2) is 6.59. The molecule has 0 saturated carbocycles. The fourth-order valence-corrected chi connectivity index (χ4v) is 3.63. The number of pyridine rings is 1. The van der Waals surface area contributed by atoms with Crippen LogP contribution in [0.1, 0.15) is 16.1 Å². The van der Waals surface area contributed by atoms with Crippen molar-refractivity contribution in [2.75, 3.05) is 6.54 Å². The summed E-state index contributed by atoms with van der Waals surface area (Å²) < 4.78 is 0. The van der Waals surface area contributed by atoms with E-state index >= 15 is 0 Å². The lowest BCUT2D eigenvalue weighted by atomic mass is 10.1. The van der Waals surface area contributed by atoms with E-state index in [2.05, 4.69) is 20.4 Å². The van der Waals surface area contributed by atoms with Crippen molar-refractivity contribution in [2.45, 2.75) is 6.42 Å². The summed E-state index contributed by atoms with van der Waals surface area (Å²) in [7, 11) is 0. The van der Waals surface area contributed by atoms with Crippen molar-refractivity contribution < 1.29 is 0 Å². The number of hydrogen-bond acceptors (Lipinski definition) is 6. The molecule has 2 aromatic heterocycles. The Morgan fingerprint density at radius 3 is 2.54 bits per heavy atom. The van der Waals surface area contributed by atoms with Crippen molar-refractivity contribution in [1.82, 2.24) is 9.97 Å². The first kappa shape index (κ1) is 15.1. The van der Waals surface area contributed by atoms with E-state index in [1.54, 1.807) is 23.7 Å². The summed E-state index contributed by atoms with van der Waals surface area (Å²) in [5.41, 5.74) is 4.06. The molecular formula is C17H12ClN5S. The molecule has 4 rings (SSSR count). The van der Waals surface area contributed by atoms with Crippen LogP contribution in [0.4, 0.5) is 0 Å². The number of nitrogens with zero attached hydrogens (tertiary/aromatic N) is 5. The number of aromatic nitrogens is 2. The molecule has 24 heavy (non-hydrogen) atoms. The molecular weight excluding hydrogens is 342 g/mol.